The molecule has 0 amide bonds. The first-order valence-corrected chi connectivity index (χ1v) is 6.29. The van der Waals surface area contributed by atoms with Crippen LogP contribution in [-0.4, -0.2) is 26.3 Å². The van der Waals surface area contributed by atoms with E-state index in [2.05, 4.69) is 31.3 Å². The molecule has 17 heavy (non-hydrogen) atoms. The second-order valence-corrected chi connectivity index (χ2v) is 4.42. The summed E-state index contributed by atoms with van der Waals surface area (Å²) in [5.74, 6) is 1.00. The molecule has 1 atom stereocenters. The van der Waals surface area contributed by atoms with Crippen molar-refractivity contribution in [2.75, 3.05) is 26.3 Å². The van der Waals surface area contributed by atoms with E-state index in [0.717, 1.165) is 25.4 Å². The molecule has 0 saturated carbocycles. The van der Waals surface area contributed by atoms with Crippen molar-refractivity contribution < 1.29 is 9.47 Å². The van der Waals surface area contributed by atoms with Crippen LogP contribution in [0.15, 0.2) is 12.1 Å². The lowest BCUT2D eigenvalue weighted by atomic mass is 10.00. The SMILES string of the molecule is CCOc1c(C2CNCCO2)ccc(C)c1C. The molecule has 3 heteroatoms. The van der Waals surface area contributed by atoms with Gasteiger partial charge in [-0.2, -0.15) is 0 Å². The zero-order chi connectivity index (χ0) is 12.3. The number of nitrogens with one attached hydrogen (secondary N) is 1. The van der Waals surface area contributed by atoms with Crippen LogP contribution in [-0.2, 0) is 4.74 Å². The van der Waals surface area contributed by atoms with E-state index in [4.69, 9.17) is 9.47 Å². The smallest absolute Gasteiger partial charge is 0.128 e. The molecule has 0 aromatic heterocycles. The zero-order valence-electron chi connectivity index (χ0n) is 10.9. The molecule has 0 radical (unpaired) electrons. The van der Waals surface area contributed by atoms with Crippen molar-refractivity contribution >= 4 is 0 Å². The van der Waals surface area contributed by atoms with E-state index in [1.165, 1.54) is 16.7 Å². The summed E-state index contributed by atoms with van der Waals surface area (Å²) >= 11 is 0. The van der Waals surface area contributed by atoms with E-state index < -0.39 is 0 Å². The Bertz CT molecular complexity index is 384. The summed E-state index contributed by atoms with van der Waals surface area (Å²) in [6.07, 6.45) is 0.115. The van der Waals surface area contributed by atoms with Crippen LogP contribution in [0.2, 0.25) is 0 Å². The van der Waals surface area contributed by atoms with Crippen LogP contribution in [0.5, 0.6) is 5.75 Å². The summed E-state index contributed by atoms with van der Waals surface area (Å²) in [5.41, 5.74) is 3.65. The summed E-state index contributed by atoms with van der Waals surface area (Å²) in [6, 6.07) is 4.27. The molecular weight excluding hydrogens is 214 g/mol. The molecule has 3 nitrogen and oxygen atoms in total. The lowest BCUT2D eigenvalue weighted by Crippen LogP contribution is -2.33. The average molecular weight is 235 g/mol. The average Bonchev–Trinajstić information content (AvgIpc) is 2.36. The van der Waals surface area contributed by atoms with Crippen LogP contribution in [0.4, 0.5) is 0 Å². The minimum atomic E-state index is 0.115. The summed E-state index contributed by atoms with van der Waals surface area (Å²) < 4.78 is 11.6. The van der Waals surface area contributed by atoms with E-state index >= 15 is 0 Å². The Morgan fingerprint density at radius 3 is 2.88 bits per heavy atom. The van der Waals surface area contributed by atoms with Gasteiger partial charge in [0.2, 0.25) is 0 Å². The first kappa shape index (κ1) is 12.4. The van der Waals surface area contributed by atoms with Gasteiger partial charge in [0, 0.05) is 18.7 Å². The molecular formula is C14H21NO2. The number of hydrogen-bond acceptors (Lipinski definition) is 3. The second-order valence-electron chi connectivity index (χ2n) is 4.42. The molecule has 1 aromatic rings. The number of rotatable bonds is 3. The molecule has 94 valence electrons. The predicted octanol–water partition coefficient (Wildman–Crippen LogP) is 2.36. The van der Waals surface area contributed by atoms with Gasteiger partial charge in [-0.15, -0.1) is 0 Å². The number of benzene rings is 1. The maximum absolute atomic E-state index is 5.80. The molecule has 0 aliphatic carbocycles. The Morgan fingerprint density at radius 2 is 2.24 bits per heavy atom. The normalized spacial score (nSPS) is 20.3. The largest absolute Gasteiger partial charge is 0.493 e. The maximum Gasteiger partial charge on any atom is 0.128 e. The topological polar surface area (TPSA) is 30.5 Å². The highest BCUT2D eigenvalue weighted by Crippen LogP contribution is 2.33. The van der Waals surface area contributed by atoms with Gasteiger partial charge < -0.3 is 14.8 Å². The summed E-state index contributed by atoms with van der Waals surface area (Å²) in [5, 5.41) is 3.36. The number of hydrogen-bond donors (Lipinski definition) is 1. The Morgan fingerprint density at radius 1 is 1.41 bits per heavy atom. The molecule has 1 N–H and O–H groups in total. The summed E-state index contributed by atoms with van der Waals surface area (Å²) in [4.78, 5) is 0. The predicted molar refractivity (Wildman–Crippen MR) is 68.6 cm³/mol. The molecule has 1 saturated heterocycles. The molecule has 1 unspecified atom stereocenters. The summed E-state index contributed by atoms with van der Waals surface area (Å²) in [7, 11) is 0. The van der Waals surface area contributed by atoms with Gasteiger partial charge in [0.05, 0.1) is 19.3 Å². The van der Waals surface area contributed by atoms with E-state index in [-0.39, 0.29) is 6.10 Å². The third-order valence-corrected chi connectivity index (χ3v) is 3.27. The Labute approximate surface area is 103 Å². The standard InChI is InChI=1S/C14H21NO2/c1-4-16-14-11(3)10(2)5-6-12(14)13-9-15-7-8-17-13/h5-6,13,15H,4,7-9H2,1-3H3. The van der Waals surface area contributed by atoms with Gasteiger partial charge in [-0.3, -0.25) is 0 Å². The highest BCUT2D eigenvalue weighted by atomic mass is 16.5. The fourth-order valence-electron chi connectivity index (χ4n) is 2.17. The fourth-order valence-corrected chi connectivity index (χ4v) is 2.17. The van der Waals surface area contributed by atoms with Crippen LogP contribution in [0.25, 0.3) is 0 Å². The maximum atomic E-state index is 5.80. The Balaban J connectivity index is 2.34. The van der Waals surface area contributed by atoms with Crippen LogP contribution >= 0.6 is 0 Å². The Hall–Kier alpha value is -1.06. The van der Waals surface area contributed by atoms with E-state index in [1.54, 1.807) is 0 Å². The Kier molecular flexibility index (Phi) is 4.02. The highest BCUT2D eigenvalue weighted by molar-refractivity contribution is 5.46. The van der Waals surface area contributed by atoms with Gasteiger partial charge in [-0.05, 0) is 31.9 Å². The molecule has 0 spiro atoms. The van der Waals surface area contributed by atoms with Crippen LogP contribution in [0.1, 0.15) is 29.7 Å². The van der Waals surface area contributed by atoms with Crippen LogP contribution in [0.3, 0.4) is 0 Å². The molecule has 1 heterocycles. The van der Waals surface area contributed by atoms with E-state index in [0.29, 0.717) is 6.61 Å². The van der Waals surface area contributed by atoms with Gasteiger partial charge in [-0.1, -0.05) is 12.1 Å². The number of aryl methyl sites for hydroxylation is 1. The first-order valence-electron chi connectivity index (χ1n) is 6.29. The van der Waals surface area contributed by atoms with Gasteiger partial charge in [-0.25, -0.2) is 0 Å². The zero-order valence-corrected chi connectivity index (χ0v) is 10.9. The third kappa shape index (κ3) is 2.61. The molecule has 1 aliphatic heterocycles. The fraction of sp³-hybridized carbons (Fsp3) is 0.571. The van der Waals surface area contributed by atoms with Gasteiger partial charge in [0.1, 0.15) is 5.75 Å². The summed E-state index contributed by atoms with van der Waals surface area (Å²) in [6.45, 7) is 9.50. The van der Waals surface area contributed by atoms with Crippen molar-refractivity contribution in [1.82, 2.24) is 5.32 Å². The molecule has 0 bridgehead atoms. The van der Waals surface area contributed by atoms with Crippen molar-refractivity contribution in [2.24, 2.45) is 0 Å². The second kappa shape index (κ2) is 5.52. The monoisotopic (exact) mass is 235 g/mol. The van der Waals surface area contributed by atoms with Crippen LogP contribution in [0, 0.1) is 13.8 Å². The van der Waals surface area contributed by atoms with Crippen LogP contribution < -0.4 is 10.1 Å². The van der Waals surface area contributed by atoms with Crippen molar-refractivity contribution in [3.63, 3.8) is 0 Å². The molecule has 1 aromatic carbocycles. The molecule has 1 aliphatic rings. The lowest BCUT2D eigenvalue weighted by Gasteiger charge is -2.26. The minimum Gasteiger partial charge on any atom is -0.493 e. The minimum absolute atomic E-state index is 0.115. The van der Waals surface area contributed by atoms with Crippen molar-refractivity contribution in [2.45, 2.75) is 26.9 Å². The first-order chi connectivity index (χ1) is 8.24. The van der Waals surface area contributed by atoms with Crippen molar-refractivity contribution in [1.29, 1.82) is 0 Å². The third-order valence-electron chi connectivity index (χ3n) is 3.27. The van der Waals surface area contributed by atoms with Gasteiger partial charge in [0.15, 0.2) is 0 Å². The van der Waals surface area contributed by atoms with Gasteiger partial charge in [0.25, 0.3) is 0 Å². The number of ether oxygens (including phenoxy) is 2. The number of morpholine rings is 1. The van der Waals surface area contributed by atoms with Gasteiger partial charge >= 0.3 is 0 Å². The highest BCUT2D eigenvalue weighted by Gasteiger charge is 2.21. The quantitative estimate of drug-likeness (QED) is 0.872. The van der Waals surface area contributed by atoms with E-state index in [9.17, 15) is 0 Å². The molecule has 1 fully saturated rings. The van der Waals surface area contributed by atoms with Crippen molar-refractivity contribution in [3.05, 3.63) is 28.8 Å². The van der Waals surface area contributed by atoms with Crippen molar-refractivity contribution in [3.8, 4) is 5.75 Å². The lowest BCUT2D eigenvalue weighted by molar-refractivity contribution is 0.0259. The molecule has 2 rings (SSSR count). The van der Waals surface area contributed by atoms with E-state index in [1.807, 2.05) is 6.92 Å².